The van der Waals surface area contributed by atoms with Gasteiger partial charge in [-0.1, -0.05) is 0 Å². The molecule has 0 aliphatic rings. The normalized spacial score (nSPS) is 12.1. The fourth-order valence-electron chi connectivity index (χ4n) is 1.25. The lowest BCUT2D eigenvalue weighted by Gasteiger charge is -2.11. The van der Waals surface area contributed by atoms with E-state index < -0.39 is 0 Å². The van der Waals surface area contributed by atoms with Crippen molar-refractivity contribution in [1.29, 1.82) is 0 Å². The van der Waals surface area contributed by atoms with E-state index in [1.165, 1.54) is 0 Å². The molecule has 0 bridgehead atoms. The van der Waals surface area contributed by atoms with Gasteiger partial charge in [-0.25, -0.2) is 0 Å². The minimum absolute atomic E-state index is 0.0286. The summed E-state index contributed by atoms with van der Waals surface area (Å²) in [7, 11) is 0. The van der Waals surface area contributed by atoms with Crippen molar-refractivity contribution < 1.29 is 4.79 Å². The monoisotopic (exact) mass is 218 g/mol. The third kappa shape index (κ3) is 2.19. The minimum atomic E-state index is -0.363. The summed E-state index contributed by atoms with van der Waals surface area (Å²) in [6.45, 7) is 1.87. The topological polar surface area (TPSA) is 96.5 Å². The standard InChI is InChI=1S/C9H10N6O/c1-6(7-2-4-10-5-3-7)11-9(16)8-12-14-15-13-8/h2-6H,1H3,(H,11,16)(H,12,13,14,15). The van der Waals surface area contributed by atoms with E-state index >= 15 is 0 Å². The maximum atomic E-state index is 11.6. The van der Waals surface area contributed by atoms with Crippen LogP contribution in [0.3, 0.4) is 0 Å². The van der Waals surface area contributed by atoms with E-state index in [1.807, 2.05) is 19.1 Å². The Bertz CT molecular complexity index is 454. The van der Waals surface area contributed by atoms with Gasteiger partial charge in [0.2, 0.25) is 0 Å². The SMILES string of the molecule is CC(NC(=O)c1nn[nH]n1)c1ccncc1. The molecule has 0 spiro atoms. The first-order chi connectivity index (χ1) is 7.77. The van der Waals surface area contributed by atoms with Gasteiger partial charge in [0.15, 0.2) is 0 Å². The molecule has 0 saturated carbocycles. The Morgan fingerprint density at radius 2 is 2.19 bits per heavy atom. The van der Waals surface area contributed by atoms with Gasteiger partial charge in [0.25, 0.3) is 11.7 Å². The summed E-state index contributed by atoms with van der Waals surface area (Å²) >= 11 is 0. The largest absolute Gasteiger partial charge is 0.343 e. The molecule has 0 aliphatic carbocycles. The van der Waals surface area contributed by atoms with Gasteiger partial charge in [-0.05, 0) is 29.8 Å². The van der Waals surface area contributed by atoms with Crippen molar-refractivity contribution in [3.63, 3.8) is 0 Å². The average molecular weight is 218 g/mol. The molecule has 7 nitrogen and oxygen atoms in total. The number of aromatic amines is 1. The highest BCUT2D eigenvalue weighted by atomic mass is 16.2. The third-order valence-electron chi connectivity index (χ3n) is 2.10. The Morgan fingerprint density at radius 3 is 2.81 bits per heavy atom. The van der Waals surface area contributed by atoms with E-state index in [0.717, 1.165) is 5.56 Å². The lowest BCUT2D eigenvalue weighted by Crippen LogP contribution is -2.27. The van der Waals surface area contributed by atoms with Crippen molar-refractivity contribution in [1.82, 2.24) is 30.9 Å². The van der Waals surface area contributed by atoms with Crippen LogP contribution in [0.2, 0.25) is 0 Å². The van der Waals surface area contributed by atoms with E-state index in [-0.39, 0.29) is 17.8 Å². The van der Waals surface area contributed by atoms with Crippen LogP contribution in [0.1, 0.15) is 29.1 Å². The van der Waals surface area contributed by atoms with Crippen LogP contribution in [0.15, 0.2) is 24.5 Å². The first-order valence-electron chi connectivity index (χ1n) is 4.71. The fraction of sp³-hybridized carbons (Fsp3) is 0.222. The first-order valence-corrected chi connectivity index (χ1v) is 4.71. The molecular weight excluding hydrogens is 208 g/mol. The van der Waals surface area contributed by atoms with Crippen LogP contribution in [0.25, 0.3) is 0 Å². The molecule has 0 aromatic carbocycles. The summed E-state index contributed by atoms with van der Waals surface area (Å²) in [4.78, 5) is 15.5. The molecule has 1 atom stereocenters. The highest BCUT2D eigenvalue weighted by Gasteiger charge is 2.14. The van der Waals surface area contributed by atoms with Gasteiger partial charge < -0.3 is 5.32 Å². The number of aromatic nitrogens is 5. The summed E-state index contributed by atoms with van der Waals surface area (Å²) in [6, 6.07) is 3.54. The van der Waals surface area contributed by atoms with Crippen molar-refractivity contribution in [2.45, 2.75) is 13.0 Å². The zero-order valence-corrected chi connectivity index (χ0v) is 8.58. The lowest BCUT2D eigenvalue weighted by molar-refractivity contribution is 0.0929. The predicted molar refractivity (Wildman–Crippen MR) is 54.3 cm³/mol. The second-order valence-electron chi connectivity index (χ2n) is 3.21. The highest BCUT2D eigenvalue weighted by molar-refractivity contribution is 5.90. The maximum absolute atomic E-state index is 11.6. The van der Waals surface area contributed by atoms with E-state index in [9.17, 15) is 4.79 Å². The Morgan fingerprint density at radius 1 is 1.44 bits per heavy atom. The average Bonchev–Trinajstić information content (AvgIpc) is 2.83. The smallest absolute Gasteiger partial charge is 0.293 e. The van der Waals surface area contributed by atoms with Gasteiger partial charge in [-0.3, -0.25) is 9.78 Å². The molecule has 2 heterocycles. The third-order valence-corrected chi connectivity index (χ3v) is 2.10. The number of carbonyl (C=O) groups excluding carboxylic acids is 1. The van der Waals surface area contributed by atoms with Crippen LogP contribution in [-0.2, 0) is 0 Å². The van der Waals surface area contributed by atoms with Gasteiger partial charge in [0, 0.05) is 12.4 Å². The fourth-order valence-corrected chi connectivity index (χ4v) is 1.25. The van der Waals surface area contributed by atoms with Gasteiger partial charge in [-0.15, -0.1) is 10.2 Å². The summed E-state index contributed by atoms with van der Waals surface area (Å²) in [6.07, 6.45) is 3.35. The molecule has 1 amide bonds. The molecule has 2 aromatic rings. The Kier molecular flexibility index (Phi) is 2.86. The van der Waals surface area contributed by atoms with Gasteiger partial charge in [0.05, 0.1) is 6.04 Å². The van der Waals surface area contributed by atoms with Crippen molar-refractivity contribution in [2.24, 2.45) is 0 Å². The van der Waals surface area contributed by atoms with Crippen LogP contribution in [0.4, 0.5) is 0 Å². The van der Waals surface area contributed by atoms with Crippen molar-refractivity contribution in [2.75, 3.05) is 0 Å². The number of rotatable bonds is 3. The molecule has 0 saturated heterocycles. The quantitative estimate of drug-likeness (QED) is 0.760. The number of amides is 1. The first kappa shape index (κ1) is 10.2. The minimum Gasteiger partial charge on any atom is -0.343 e. The number of nitrogens with zero attached hydrogens (tertiary/aromatic N) is 4. The number of pyridine rings is 1. The maximum Gasteiger partial charge on any atom is 0.293 e. The number of carbonyl (C=O) groups is 1. The Labute approximate surface area is 91.3 Å². The van der Waals surface area contributed by atoms with Gasteiger partial charge in [0.1, 0.15) is 0 Å². The van der Waals surface area contributed by atoms with Crippen LogP contribution in [-0.4, -0.2) is 31.5 Å². The summed E-state index contributed by atoms with van der Waals surface area (Å²) in [5.74, 6) is -0.334. The number of hydrogen-bond acceptors (Lipinski definition) is 5. The molecule has 1 unspecified atom stereocenters. The van der Waals surface area contributed by atoms with E-state index in [2.05, 4.69) is 30.9 Å². The molecular formula is C9H10N6O. The number of tetrazole rings is 1. The van der Waals surface area contributed by atoms with Crippen LogP contribution in [0, 0.1) is 0 Å². The van der Waals surface area contributed by atoms with Crippen molar-refractivity contribution in [3.05, 3.63) is 35.9 Å². The van der Waals surface area contributed by atoms with E-state index in [1.54, 1.807) is 12.4 Å². The number of nitrogens with one attached hydrogen (secondary N) is 2. The predicted octanol–water partition coefficient (Wildman–Crippen LogP) is 0.0857. The molecule has 2 aromatic heterocycles. The summed E-state index contributed by atoms with van der Waals surface area (Å²) < 4.78 is 0. The zero-order chi connectivity index (χ0) is 11.4. The highest BCUT2D eigenvalue weighted by Crippen LogP contribution is 2.10. The van der Waals surface area contributed by atoms with Crippen LogP contribution < -0.4 is 5.32 Å². The molecule has 7 heteroatoms. The molecule has 82 valence electrons. The van der Waals surface area contributed by atoms with E-state index in [0.29, 0.717) is 0 Å². The Hall–Kier alpha value is -2.31. The summed E-state index contributed by atoms with van der Waals surface area (Å²) in [5.41, 5.74) is 0.965. The lowest BCUT2D eigenvalue weighted by atomic mass is 10.1. The molecule has 0 aliphatic heterocycles. The second kappa shape index (κ2) is 4.47. The molecule has 0 fully saturated rings. The van der Waals surface area contributed by atoms with Crippen LogP contribution in [0.5, 0.6) is 0 Å². The summed E-state index contributed by atoms with van der Waals surface area (Å²) in [5, 5.41) is 15.5. The zero-order valence-electron chi connectivity index (χ0n) is 8.58. The van der Waals surface area contributed by atoms with E-state index in [4.69, 9.17) is 0 Å². The second-order valence-corrected chi connectivity index (χ2v) is 3.21. The molecule has 2 N–H and O–H groups in total. The Balaban J connectivity index is 2.03. The number of H-pyrrole nitrogens is 1. The molecule has 0 radical (unpaired) electrons. The van der Waals surface area contributed by atoms with Crippen molar-refractivity contribution in [3.8, 4) is 0 Å². The van der Waals surface area contributed by atoms with Crippen molar-refractivity contribution >= 4 is 5.91 Å². The van der Waals surface area contributed by atoms with Crippen LogP contribution >= 0.6 is 0 Å². The molecule has 16 heavy (non-hydrogen) atoms. The molecule has 2 rings (SSSR count). The van der Waals surface area contributed by atoms with Gasteiger partial charge >= 0.3 is 0 Å². The van der Waals surface area contributed by atoms with Gasteiger partial charge in [-0.2, -0.15) is 5.21 Å². The number of hydrogen-bond donors (Lipinski definition) is 2.